The van der Waals surface area contributed by atoms with Gasteiger partial charge < -0.3 is 13.9 Å². The number of carbonyl (C=O) groups excluding carboxylic acids is 1. The normalized spacial score (nSPS) is 10.6. The van der Waals surface area contributed by atoms with Crippen LogP contribution in [-0.4, -0.2) is 25.8 Å². The van der Waals surface area contributed by atoms with Crippen LogP contribution >= 0.6 is 15.9 Å². The third kappa shape index (κ3) is 4.64. The highest BCUT2D eigenvalue weighted by Gasteiger charge is 2.06. The molecular weight excluding hydrogens is 340 g/mol. The second kappa shape index (κ2) is 7.49. The number of rotatable bonds is 6. The Bertz CT molecular complexity index is 639. The molecule has 0 atom stereocenters. The Labute approximate surface area is 129 Å². The molecule has 2 aromatic rings. The van der Waals surface area contributed by atoms with E-state index in [1.807, 2.05) is 6.07 Å². The van der Waals surface area contributed by atoms with Gasteiger partial charge in [-0.05, 0) is 40.2 Å². The van der Waals surface area contributed by atoms with Crippen molar-refractivity contribution in [2.24, 2.45) is 5.10 Å². The number of benzene rings is 1. The van der Waals surface area contributed by atoms with Crippen LogP contribution in [0.2, 0.25) is 0 Å². The number of hydrogen-bond donors (Lipinski definition) is 1. The zero-order valence-corrected chi connectivity index (χ0v) is 12.8. The van der Waals surface area contributed by atoms with Crippen molar-refractivity contribution in [2.75, 3.05) is 13.7 Å². The van der Waals surface area contributed by atoms with Crippen molar-refractivity contribution in [1.82, 2.24) is 5.43 Å². The van der Waals surface area contributed by atoms with Gasteiger partial charge in [0.15, 0.2) is 22.8 Å². The Morgan fingerprint density at radius 2 is 2.10 bits per heavy atom. The molecule has 0 fully saturated rings. The highest BCUT2D eigenvalue weighted by molar-refractivity contribution is 9.10. The first-order valence-electron chi connectivity index (χ1n) is 6.02. The lowest BCUT2D eigenvalue weighted by molar-refractivity contribution is -0.123. The quantitative estimate of drug-likeness (QED) is 0.640. The Balaban J connectivity index is 1.81. The first-order chi connectivity index (χ1) is 10.2. The maximum atomic E-state index is 11.6. The van der Waals surface area contributed by atoms with Gasteiger partial charge in [-0.2, -0.15) is 5.10 Å². The third-order valence-electron chi connectivity index (χ3n) is 2.40. The maximum Gasteiger partial charge on any atom is 0.277 e. The average molecular weight is 353 g/mol. The summed E-state index contributed by atoms with van der Waals surface area (Å²) < 4.78 is 16.3. The first kappa shape index (κ1) is 15.1. The summed E-state index contributed by atoms with van der Waals surface area (Å²) >= 11 is 3.17. The fraction of sp³-hybridized carbons (Fsp3) is 0.143. The molecule has 7 heteroatoms. The average Bonchev–Trinajstić information content (AvgIpc) is 2.91. The minimum absolute atomic E-state index is 0.167. The van der Waals surface area contributed by atoms with E-state index in [0.29, 0.717) is 21.9 Å². The molecule has 110 valence electrons. The number of halogens is 1. The molecular formula is C14H13BrN2O4. The van der Waals surface area contributed by atoms with Gasteiger partial charge in [0, 0.05) is 0 Å². The summed E-state index contributed by atoms with van der Waals surface area (Å²) in [5.41, 5.74) is 2.34. The smallest absolute Gasteiger partial charge is 0.277 e. The number of nitrogens with zero attached hydrogens (tertiary/aromatic N) is 1. The number of carbonyl (C=O) groups is 1. The van der Waals surface area contributed by atoms with Crippen molar-refractivity contribution < 1.29 is 18.7 Å². The summed E-state index contributed by atoms with van der Waals surface area (Å²) in [5, 5.41) is 3.76. The van der Waals surface area contributed by atoms with Gasteiger partial charge in [0.1, 0.15) is 5.76 Å². The molecule has 0 aliphatic carbocycles. The number of hydrogen-bond acceptors (Lipinski definition) is 5. The van der Waals surface area contributed by atoms with Gasteiger partial charge in [-0.3, -0.25) is 4.79 Å². The predicted octanol–water partition coefficient (Wildman–Crippen LogP) is 2.58. The Morgan fingerprint density at radius 3 is 2.76 bits per heavy atom. The van der Waals surface area contributed by atoms with Crippen LogP contribution in [0, 0.1) is 0 Å². The maximum absolute atomic E-state index is 11.6. The molecule has 1 aromatic heterocycles. The number of nitrogens with one attached hydrogen (secondary N) is 1. The fourth-order valence-electron chi connectivity index (χ4n) is 1.48. The first-order valence-corrected chi connectivity index (χ1v) is 6.81. The predicted molar refractivity (Wildman–Crippen MR) is 80.6 cm³/mol. The lowest BCUT2D eigenvalue weighted by Crippen LogP contribution is -2.24. The molecule has 0 bridgehead atoms. The monoisotopic (exact) mass is 352 g/mol. The lowest BCUT2D eigenvalue weighted by atomic mass is 10.3. The number of para-hydroxylation sites is 2. The van der Waals surface area contributed by atoms with Crippen molar-refractivity contribution in [3.8, 4) is 11.5 Å². The summed E-state index contributed by atoms with van der Waals surface area (Å²) in [6.45, 7) is -0.167. The number of furan rings is 1. The van der Waals surface area contributed by atoms with Crippen molar-refractivity contribution in [3.05, 3.63) is 46.8 Å². The minimum Gasteiger partial charge on any atom is -0.493 e. The molecule has 1 heterocycles. The lowest BCUT2D eigenvalue weighted by Gasteiger charge is -2.08. The summed E-state index contributed by atoms with van der Waals surface area (Å²) in [4.78, 5) is 11.6. The number of hydrazone groups is 1. The summed E-state index contributed by atoms with van der Waals surface area (Å²) in [7, 11) is 1.54. The van der Waals surface area contributed by atoms with Gasteiger partial charge >= 0.3 is 0 Å². The molecule has 0 radical (unpaired) electrons. The third-order valence-corrected chi connectivity index (χ3v) is 2.83. The SMILES string of the molecule is COc1ccccc1OCC(=O)N/N=C/c1ccc(Br)o1. The van der Waals surface area contributed by atoms with Gasteiger partial charge in [-0.1, -0.05) is 12.1 Å². The molecule has 0 spiro atoms. The Hall–Kier alpha value is -2.28. The van der Waals surface area contributed by atoms with Crippen molar-refractivity contribution in [1.29, 1.82) is 0 Å². The van der Waals surface area contributed by atoms with E-state index >= 15 is 0 Å². The molecule has 0 aliphatic rings. The highest BCUT2D eigenvalue weighted by atomic mass is 79.9. The molecule has 6 nitrogen and oxygen atoms in total. The topological polar surface area (TPSA) is 73.1 Å². The van der Waals surface area contributed by atoms with Crippen LogP contribution in [0.5, 0.6) is 11.5 Å². The van der Waals surface area contributed by atoms with Crippen LogP contribution in [0.25, 0.3) is 0 Å². The molecule has 0 saturated carbocycles. The van der Waals surface area contributed by atoms with E-state index in [0.717, 1.165) is 0 Å². The second-order valence-electron chi connectivity index (χ2n) is 3.87. The molecule has 1 N–H and O–H groups in total. The van der Waals surface area contributed by atoms with E-state index in [2.05, 4.69) is 26.5 Å². The molecule has 2 rings (SSSR count). The van der Waals surface area contributed by atoms with Gasteiger partial charge in [0.2, 0.25) is 0 Å². The van der Waals surface area contributed by atoms with Crippen LogP contribution in [-0.2, 0) is 4.79 Å². The summed E-state index contributed by atoms with van der Waals surface area (Å²) in [5.74, 6) is 1.19. The largest absolute Gasteiger partial charge is 0.493 e. The molecule has 0 aliphatic heterocycles. The van der Waals surface area contributed by atoms with Crippen LogP contribution < -0.4 is 14.9 Å². The van der Waals surface area contributed by atoms with Crippen LogP contribution in [0.4, 0.5) is 0 Å². The number of amides is 1. The Kier molecular flexibility index (Phi) is 5.39. The van der Waals surface area contributed by atoms with Crippen LogP contribution in [0.15, 0.2) is 50.6 Å². The van der Waals surface area contributed by atoms with Gasteiger partial charge in [-0.25, -0.2) is 5.43 Å². The minimum atomic E-state index is -0.386. The Morgan fingerprint density at radius 1 is 1.33 bits per heavy atom. The van der Waals surface area contributed by atoms with E-state index in [9.17, 15) is 4.79 Å². The zero-order valence-electron chi connectivity index (χ0n) is 11.2. The number of ether oxygens (including phenoxy) is 2. The van der Waals surface area contributed by atoms with E-state index in [-0.39, 0.29) is 12.5 Å². The van der Waals surface area contributed by atoms with Crippen LogP contribution in [0.1, 0.15) is 5.76 Å². The standard InChI is InChI=1S/C14H13BrN2O4/c1-19-11-4-2-3-5-12(11)20-9-14(18)17-16-8-10-6-7-13(15)21-10/h2-8H,9H2,1H3,(H,17,18)/b16-8+. The second-order valence-corrected chi connectivity index (χ2v) is 4.66. The highest BCUT2D eigenvalue weighted by Crippen LogP contribution is 2.25. The van der Waals surface area contributed by atoms with E-state index in [4.69, 9.17) is 13.9 Å². The molecule has 0 saturated heterocycles. The number of methoxy groups -OCH3 is 1. The van der Waals surface area contributed by atoms with E-state index < -0.39 is 0 Å². The van der Waals surface area contributed by atoms with Crippen LogP contribution in [0.3, 0.4) is 0 Å². The fourth-order valence-corrected chi connectivity index (χ4v) is 1.80. The van der Waals surface area contributed by atoms with E-state index in [1.165, 1.54) is 13.3 Å². The van der Waals surface area contributed by atoms with Crippen molar-refractivity contribution >= 4 is 28.1 Å². The van der Waals surface area contributed by atoms with Crippen molar-refractivity contribution in [2.45, 2.75) is 0 Å². The van der Waals surface area contributed by atoms with Gasteiger partial charge in [0.25, 0.3) is 5.91 Å². The van der Waals surface area contributed by atoms with Crippen molar-refractivity contribution in [3.63, 3.8) is 0 Å². The van der Waals surface area contributed by atoms with E-state index in [1.54, 1.807) is 30.3 Å². The summed E-state index contributed by atoms with van der Waals surface area (Å²) in [6.07, 6.45) is 1.39. The molecule has 1 amide bonds. The molecule has 1 aromatic carbocycles. The molecule has 0 unspecified atom stereocenters. The van der Waals surface area contributed by atoms with Gasteiger partial charge in [0.05, 0.1) is 13.3 Å². The van der Waals surface area contributed by atoms with Gasteiger partial charge in [-0.15, -0.1) is 0 Å². The zero-order chi connectivity index (χ0) is 15.1. The summed E-state index contributed by atoms with van der Waals surface area (Å²) in [6, 6.07) is 10.5. The molecule has 21 heavy (non-hydrogen) atoms.